The normalized spacial score (nSPS) is 15.2. The molecule has 0 bridgehead atoms. The molecule has 2 aromatic rings. The first-order valence-electron chi connectivity index (χ1n) is 9.25. The minimum atomic E-state index is -0.851. The number of esters is 1. The van der Waals surface area contributed by atoms with Crippen molar-refractivity contribution in [3.63, 3.8) is 0 Å². The number of benzene rings is 2. The number of fused-ring (bicyclic) bond motifs is 1. The van der Waals surface area contributed by atoms with Crippen molar-refractivity contribution in [3.8, 4) is 5.75 Å². The Morgan fingerprint density at radius 1 is 1.24 bits per heavy atom. The van der Waals surface area contributed by atoms with E-state index in [1.54, 1.807) is 11.9 Å². The van der Waals surface area contributed by atoms with Crippen LogP contribution in [0.15, 0.2) is 42.5 Å². The van der Waals surface area contributed by atoms with Crippen LogP contribution in [0.2, 0.25) is 0 Å². The summed E-state index contributed by atoms with van der Waals surface area (Å²) in [5.74, 6) is -1.05. The van der Waals surface area contributed by atoms with E-state index in [0.717, 1.165) is 30.9 Å². The van der Waals surface area contributed by atoms with E-state index in [1.807, 2.05) is 18.2 Å². The van der Waals surface area contributed by atoms with Gasteiger partial charge in [0.05, 0.1) is 18.1 Å². The average Bonchev–Trinajstić information content (AvgIpc) is 2.75. The van der Waals surface area contributed by atoms with Crippen molar-refractivity contribution < 1.29 is 24.0 Å². The Morgan fingerprint density at radius 3 is 2.72 bits per heavy atom. The zero-order valence-corrected chi connectivity index (χ0v) is 16.3. The summed E-state index contributed by atoms with van der Waals surface area (Å²) in [5, 5.41) is 11.0. The quantitative estimate of drug-likeness (QED) is 0.421. The molecule has 0 aliphatic heterocycles. The third-order valence-corrected chi connectivity index (χ3v) is 5.14. The highest BCUT2D eigenvalue weighted by Gasteiger charge is 2.27. The summed E-state index contributed by atoms with van der Waals surface area (Å²) in [7, 11) is 3.04. The average molecular weight is 398 g/mol. The molecule has 0 fully saturated rings. The number of carbonyl (C=O) groups is 2. The summed E-state index contributed by atoms with van der Waals surface area (Å²) in [4.78, 5) is 37.0. The summed E-state index contributed by atoms with van der Waals surface area (Å²) < 4.78 is 10.2. The minimum absolute atomic E-state index is 0.0708. The van der Waals surface area contributed by atoms with Crippen molar-refractivity contribution in [2.75, 3.05) is 20.8 Å². The Kier molecular flexibility index (Phi) is 6.11. The van der Waals surface area contributed by atoms with Gasteiger partial charge in [0, 0.05) is 19.2 Å². The number of aryl methyl sites for hydroxylation is 1. The molecular formula is C21H22N2O6. The van der Waals surface area contributed by atoms with Gasteiger partial charge in [-0.1, -0.05) is 24.3 Å². The molecule has 0 aromatic heterocycles. The number of hydrogen-bond donors (Lipinski definition) is 0. The lowest BCUT2D eigenvalue weighted by atomic mass is 9.87. The molecule has 8 nitrogen and oxygen atoms in total. The van der Waals surface area contributed by atoms with Gasteiger partial charge in [0.15, 0.2) is 6.61 Å². The fraction of sp³-hybridized carbons (Fsp3) is 0.333. The highest BCUT2D eigenvalue weighted by atomic mass is 16.6. The maximum absolute atomic E-state index is 12.6. The first-order chi connectivity index (χ1) is 13.9. The molecule has 152 valence electrons. The van der Waals surface area contributed by atoms with Gasteiger partial charge in [-0.3, -0.25) is 14.9 Å². The summed E-state index contributed by atoms with van der Waals surface area (Å²) >= 11 is 0. The van der Waals surface area contributed by atoms with E-state index in [-0.39, 0.29) is 28.9 Å². The summed E-state index contributed by atoms with van der Waals surface area (Å²) in [6.07, 6.45) is 2.80. The van der Waals surface area contributed by atoms with Gasteiger partial charge in [0.25, 0.3) is 11.6 Å². The Labute approximate surface area is 168 Å². The smallest absolute Gasteiger partial charge is 0.342 e. The zero-order valence-electron chi connectivity index (χ0n) is 16.3. The van der Waals surface area contributed by atoms with Crippen LogP contribution >= 0.6 is 0 Å². The predicted octanol–water partition coefficient (Wildman–Crippen LogP) is 3.30. The van der Waals surface area contributed by atoms with Crippen molar-refractivity contribution in [2.45, 2.75) is 25.3 Å². The molecule has 0 saturated heterocycles. The third kappa shape index (κ3) is 4.37. The molecule has 0 radical (unpaired) electrons. The van der Waals surface area contributed by atoms with E-state index < -0.39 is 17.5 Å². The van der Waals surface area contributed by atoms with E-state index in [1.165, 1.54) is 24.8 Å². The maximum Gasteiger partial charge on any atom is 0.342 e. The van der Waals surface area contributed by atoms with E-state index in [4.69, 9.17) is 9.47 Å². The number of rotatable bonds is 6. The Balaban J connectivity index is 1.69. The van der Waals surface area contributed by atoms with Gasteiger partial charge in [0.1, 0.15) is 11.3 Å². The molecule has 2 aromatic carbocycles. The topological polar surface area (TPSA) is 99.0 Å². The van der Waals surface area contributed by atoms with Gasteiger partial charge in [-0.05, 0) is 36.5 Å². The number of ether oxygens (including phenoxy) is 2. The highest BCUT2D eigenvalue weighted by molar-refractivity contribution is 5.94. The summed E-state index contributed by atoms with van der Waals surface area (Å²) in [6, 6.07) is 11.6. The standard InChI is InChI=1S/C21H22N2O6/c1-22(18-9-5-7-14-6-3-4-8-16(14)18)20(24)13-29-21(25)17-12-15(23(26)27)10-11-19(17)28-2/h3-4,6,8,10-12,18H,5,7,9,13H2,1-2H3/t18-/m0/s1. The highest BCUT2D eigenvalue weighted by Crippen LogP contribution is 2.33. The van der Waals surface area contributed by atoms with Crippen LogP contribution in [0.3, 0.4) is 0 Å². The van der Waals surface area contributed by atoms with Gasteiger partial charge < -0.3 is 14.4 Å². The number of methoxy groups -OCH3 is 1. The van der Waals surface area contributed by atoms with Gasteiger partial charge in [-0.15, -0.1) is 0 Å². The second-order valence-electron chi connectivity index (χ2n) is 6.83. The fourth-order valence-electron chi connectivity index (χ4n) is 3.58. The molecular weight excluding hydrogens is 376 g/mol. The molecule has 1 aliphatic rings. The van der Waals surface area contributed by atoms with Crippen molar-refractivity contribution in [2.24, 2.45) is 0 Å². The predicted molar refractivity (Wildman–Crippen MR) is 105 cm³/mol. The molecule has 1 amide bonds. The van der Waals surface area contributed by atoms with Crippen LogP contribution < -0.4 is 4.74 Å². The van der Waals surface area contributed by atoms with E-state index in [0.29, 0.717) is 0 Å². The first-order valence-corrected chi connectivity index (χ1v) is 9.25. The van der Waals surface area contributed by atoms with E-state index in [9.17, 15) is 19.7 Å². The Hall–Kier alpha value is -3.42. The van der Waals surface area contributed by atoms with Crippen molar-refractivity contribution in [1.29, 1.82) is 0 Å². The van der Waals surface area contributed by atoms with Crippen LogP contribution in [-0.2, 0) is 16.0 Å². The van der Waals surface area contributed by atoms with Crippen LogP contribution in [-0.4, -0.2) is 42.5 Å². The number of carbonyl (C=O) groups excluding carboxylic acids is 2. The van der Waals surface area contributed by atoms with Crippen LogP contribution in [0.4, 0.5) is 5.69 Å². The molecule has 0 saturated carbocycles. The minimum Gasteiger partial charge on any atom is -0.496 e. The Morgan fingerprint density at radius 2 is 2.00 bits per heavy atom. The molecule has 0 spiro atoms. The van der Waals surface area contributed by atoms with Gasteiger partial charge in [-0.2, -0.15) is 0 Å². The van der Waals surface area contributed by atoms with Gasteiger partial charge in [0.2, 0.25) is 0 Å². The molecule has 8 heteroatoms. The van der Waals surface area contributed by atoms with Crippen molar-refractivity contribution in [1.82, 2.24) is 4.90 Å². The number of nitro groups is 1. The molecule has 1 atom stereocenters. The zero-order chi connectivity index (χ0) is 21.0. The van der Waals surface area contributed by atoms with Gasteiger partial charge in [-0.25, -0.2) is 4.79 Å². The number of likely N-dealkylation sites (N-methyl/N-ethyl adjacent to an activating group) is 1. The van der Waals surface area contributed by atoms with Crippen LogP contribution in [0, 0.1) is 10.1 Å². The van der Waals surface area contributed by atoms with Gasteiger partial charge >= 0.3 is 5.97 Å². The second-order valence-corrected chi connectivity index (χ2v) is 6.83. The molecule has 29 heavy (non-hydrogen) atoms. The lowest BCUT2D eigenvalue weighted by molar-refractivity contribution is -0.384. The summed E-state index contributed by atoms with van der Waals surface area (Å²) in [6.45, 7) is -0.458. The lowest BCUT2D eigenvalue weighted by Gasteiger charge is -2.33. The maximum atomic E-state index is 12.6. The monoisotopic (exact) mass is 398 g/mol. The SMILES string of the molecule is COc1ccc([N+](=O)[O-])cc1C(=O)OCC(=O)N(C)[C@H]1CCCc2ccccc21. The Bertz CT molecular complexity index is 943. The van der Waals surface area contributed by atoms with Crippen molar-refractivity contribution >= 4 is 17.6 Å². The molecule has 0 heterocycles. The van der Waals surface area contributed by atoms with E-state index in [2.05, 4.69) is 6.07 Å². The molecule has 0 unspecified atom stereocenters. The number of non-ortho nitro benzene ring substituents is 1. The third-order valence-electron chi connectivity index (χ3n) is 5.14. The van der Waals surface area contributed by atoms with Crippen LogP contribution in [0.5, 0.6) is 5.75 Å². The molecule has 3 rings (SSSR count). The molecule has 0 N–H and O–H groups in total. The van der Waals surface area contributed by atoms with Crippen LogP contribution in [0.25, 0.3) is 0 Å². The number of nitrogens with zero attached hydrogens (tertiary/aromatic N) is 2. The number of nitro benzene ring substituents is 1. The summed E-state index contributed by atoms with van der Waals surface area (Å²) in [5.41, 5.74) is 1.98. The second kappa shape index (κ2) is 8.72. The van der Waals surface area contributed by atoms with Crippen molar-refractivity contribution in [3.05, 3.63) is 69.3 Å². The number of hydrogen-bond acceptors (Lipinski definition) is 6. The molecule has 1 aliphatic carbocycles. The van der Waals surface area contributed by atoms with Crippen LogP contribution in [0.1, 0.15) is 40.4 Å². The first kappa shape index (κ1) is 20.3. The van der Waals surface area contributed by atoms with E-state index >= 15 is 0 Å². The lowest BCUT2D eigenvalue weighted by Crippen LogP contribution is -2.36. The number of amides is 1. The largest absolute Gasteiger partial charge is 0.496 e. The fourth-order valence-corrected chi connectivity index (χ4v) is 3.58.